The Morgan fingerprint density at radius 2 is 1.58 bits per heavy atom. The van der Waals surface area contributed by atoms with Crippen molar-refractivity contribution in [3.63, 3.8) is 0 Å². The van der Waals surface area contributed by atoms with Crippen molar-refractivity contribution < 1.29 is 0 Å². The van der Waals surface area contributed by atoms with Gasteiger partial charge in [0.1, 0.15) is 0 Å². The van der Waals surface area contributed by atoms with E-state index < -0.39 is 0 Å². The maximum Gasteiger partial charge on any atom is -0.0126 e. The first kappa shape index (κ1) is 13.8. The zero-order chi connectivity index (χ0) is 13.6. The van der Waals surface area contributed by atoms with Crippen LogP contribution in [0.2, 0.25) is 0 Å². The second kappa shape index (κ2) is 4.98. The number of hydrogen-bond donors (Lipinski definition) is 0. The summed E-state index contributed by atoms with van der Waals surface area (Å²) >= 11 is 0. The van der Waals surface area contributed by atoms with Crippen LogP contribution in [0.15, 0.2) is 23.3 Å². The summed E-state index contributed by atoms with van der Waals surface area (Å²) < 4.78 is 0. The molecule has 0 aromatic rings. The number of hydrogen-bond acceptors (Lipinski definition) is 0. The first-order valence-corrected chi connectivity index (χ1v) is 11.0. The van der Waals surface area contributed by atoms with Crippen LogP contribution in [0.25, 0.3) is 0 Å². The summed E-state index contributed by atoms with van der Waals surface area (Å²) in [5.74, 6) is 5.08. The minimum Gasteiger partial charge on any atom is -0.249 e. The molecule has 0 aliphatic heterocycles. The van der Waals surface area contributed by atoms with Crippen LogP contribution in [-0.2, 0) is 0 Å². The lowest BCUT2D eigenvalue weighted by atomic mass is 9.75. The lowest BCUT2D eigenvalue weighted by molar-refractivity contribution is 0.417. The fraction of sp³-hybridized carbons (Fsp3) is 0.778. The van der Waals surface area contributed by atoms with Crippen LogP contribution in [0.4, 0.5) is 0 Å². The van der Waals surface area contributed by atoms with E-state index >= 15 is 0 Å². The van der Waals surface area contributed by atoms with Gasteiger partial charge in [-0.3, -0.25) is 0 Å². The van der Waals surface area contributed by atoms with Crippen LogP contribution in [-0.4, -0.2) is 24.5 Å². The van der Waals surface area contributed by atoms with E-state index in [-0.39, 0.29) is 10.0 Å². The third-order valence-corrected chi connectivity index (χ3v) is 6.80. The maximum absolute atomic E-state index is 2.72. The van der Waals surface area contributed by atoms with Crippen LogP contribution in [0, 0.1) is 23.7 Å². The Labute approximate surface area is 121 Å². The number of rotatable bonds is 2. The molecule has 3 rings (SSSR count). The molecule has 108 valence electrons. The zero-order valence-electron chi connectivity index (χ0n) is 13.1. The molecule has 2 fully saturated rings. The summed E-state index contributed by atoms with van der Waals surface area (Å²) in [4.78, 5) is 0. The second-order valence-corrected chi connectivity index (χ2v) is 12.5. The van der Waals surface area contributed by atoms with Crippen LogP contribution < -0.4 is 0 Å². The number of fused-ring (bicyclic) bond motifs is 2. The van der Waals surface area contributed by atoms with Gasteiger partial charge < -0.3 is 0 Å². The molecule has 0 aromatic carbocycles. The molecule has 0 radical (unpaired) electrons. The minimum atomic E-state index is -0.361. The van der Waals surface area contributed by atoms with Crippen molar-refractivity contribution in [2.24, 2.45) is 23.7 Å². The van der Waals surface area contributed by atoms with Crippen molar-refractivity contribution in [1.29, 1.82) is 0 Å². The highest BCUT2D eigenvalue weighted by Gasteiger charge is 2.41. The molecule has 0 aromatic heterocycles. The fourth-order valence-electron chi connectivity index (χ4n) is 4.63. The quantitative estimate of drug-likeness (QED) is 0.666. The molecule has 19 heavy (non-hydrogen) atoms. The van der Waals surface area contributed by atoms with E-state index in [9.17, 15) is 0 Å². The molecule has 0 heterocycles. The van der Waals surface area contributed by atoms with Gasteiger partial charge in [0.15, 0.2) is 0 Å². The molecule has 3 aliphatic rings. The van der Waals surface area contributed by atoms with E-state index in [2.05, 4.69) is 37.8 Å². The Kier molecular flexibility index (Phi) is 3.62. The van der Waals surface area contributed by atoms with Gasteiger partial charge in [-0.15, -0.1) is 0 Å². The lowest BCUT2D eigenvalue weighted by Gasteiger charge is -2.35. The molecule has 4 unspecified atom stereocenters. The van der Waals surface area contributed by atoms with Crippen LogP contribution in [0.5, 0.6) is 0 Å². The van der Waals surface area contributed by atoms with Gasteiger partial charge in [-0.25, -0.2) is 10.0 Å². The Balaban J connectivity index is 1.83. The van der Waals surface area contributed by atoms with E-state index in [1.54, 1.807) is 11.1 Å². The summed E-state index contributed by atoms with van der Waals surface area (Å²) in [5.41, 5.74) is 3.46. The minimum absolute atomic E-state index is 0.361. The van der Waals surface area contributed by atoms with Crippen molar-refractivity contribution in [1.82, 2.24) is 0 Å². The molecular formula is C18H30S. The molecule has 0 N–H and O–H groups in total. The first-order chi connectivity index (χ1) is 8.94. The van der Waals surface area contributed by atoms with Crippen molar-refractivity contribution in [3.05, 3.63) is 23.3 Å². The largest absolute Gasteiger partial charge is 0.249 e. The van der Waals surface area contributed by atoms with E-state index in [1.165, 1.54) is 37.9 Å². The fourth-order valence-corrected chi connectivity index (χ4v) is 6.27. The van der Waals surface area contributed by atoms with Gasteiger partial charge in [-0.05, 0) is 91.4 Å². The highest BCUT2D eigenvalue weighted by atomic mass is 32.3. The summed E-state index contributed by atoms with van der Waals surface area (Å²) in [6.07, 6.45) is 19.9. The molecule has 1 heteroatoms. The van der Waals surface area contributed by atoms with Gasteiger partial charge in [0, 0.05) is 0 Å². The monoisotopic (exact) mass is 278 g/mol. The van der Waals surface area contributed by atoms with Gasteiger partial charge in [0.2, 0.25) is 0 Å². The third kappa shape index (κ3) is 2.82. The molecule has 0 spiro atoms. The average Bonchev–Trinajstić information content (AvgIpc) is 2.61. The average molecular weight is 279 g/mol. The Bertz CT molecular complexity index is 410. The topological polar surface area (TPSA) is 0 Å². The molecule has 4 atom stereocenters. The Morgan fingerprint density at radius 1 is 1.00 bits per heavy atom. The normalized spacial score (nSPS) is 39.2. The van der Waals surface area contributed by atoms with Gasteiger partial charge >= 0.3 is 0 Å². The maximum atomic E-state index is 2.72. The third-order valence-electron chi connectivity index (χ3n) is 5.38. The lowest BCUT2D eigenvalue weighted by Crippen LogP contribution is -2.22. The predicted molar refractivity (Wildman–Crippen MR) is 89.1 cm³/mol. The van der Waals surface area contributed by atoms with Crippen molar-refractivity contribution in [2.45, 2.75) is 39.0 Å². The van der Waals surface area contributed by atoms with Crippen molar-refractivity contribution in [2.75, 3.05) is 24.5 Å². The molecular weight excluding hydrogens is 248 g/mol. The van der Waals surface area contributed by atoms with Gasteiger partial charge in [0.05, 0.1) is 0 Å². The van der Waals surface area contributed by atoms with Crippen LogP contribution >= 0.6 is 10.0 Å². The molecule has 0 saturated heterocycles. The summed E-state index contributed by atoms with van der Waals surface area (Å²) in [6.45, 7) is 2.49. The molecule has 3 aliphatic carbocycles. The number of allylic oxidation sites excluding steroid dienone is 4. The van der Waals surface area contributed by atoms with Crippen LogP contribution in [0.1, 0.15) is 39.0 Å². The van der Waals surface area contributed by atoms with E-state index in [1.807, 2.05) is 0 Å². The van der Waals surface area contributed by atoms with Crippen molar-refractivity contribution >= 4 is 10.0 Å². The first-order valence-electron chi connectivity index (χ1n) is 8.02. The molecule has 0 nitrogen and oxygen atoms in total. The van der Waals surface area contributed by atoms with E-state index in [0.717, 1.165) is 23.7 Å². The van der Waals surface area contributed by atoms with E-state index in [0.29, 0.717) is 0 Å². The SMILES string of the molecule is CC1CC(CS(C)(C)C)C2C=C3CCCCC3=CC12. The second-order valence-electron chi connectivity index (χ2n) is 7.98. The molecule has 0 amide bonds. The Morgan fingerprint density at radius 3 is 2.16 bits per heavy atom. The molecule has 0 bridgehead atoms. The smallest absolute Gasteiger partial charge is 0.0126 e. The summed E-state index contributed by atoms with van der Waals surface area (Å²) in [6, 6.07) is 0. The van der Waals surface area contributed by atoms with E-state index in [4.69, 9.17) is 0 Å². The highest BCUT2D eigenvalue weighted by molar-refractivity contribution is 8.32. The van der Waals surface area contributed by atoms with Gasteiger partial charge in [0.25, 0.3) is 0 Å². The van der Waals surface area contributed by atoms with Crippen LogP contribution in [0.3, 0.4) is 0 Å². The van der Waals surface area contributed by atoms with Crippen molar-refractivity contribution in [3.8, 4) is 0 Å². The summed E-state index contributed by atoms with van der Waals surface area (Å²) in [7, 11) is -0.361. The van der Waals surface area contributed by atoms with Gasteiger partial charge in [-0.1, -0.05) is 19.1 Å². The predicted octanol–water partition coefficient (Wildman–Crippen LogP) is 5.01. The summed E-state index contributed by atoms with van der Waals surface area (Å²) in [5, 5.41) is 0. The highest BCUT2D eigenvalue weighted by Crippen LogP contribution is 2.52. The standard InChI is InChI=1S/C18H30S/c1-13-9-16(12-19(2,3)4)18-11-15-8-6-5-7-14(15)10-17(13)18/h10-11,13,16-18H,5-9,12H2,1-4H3. The molecule has 2 saturated carbocycles. The zero-order valence-corrected chi connectivity index (χ0v) is 13.9. The van der Waals surface area contributed by atoms with Gasteiger partial charge in [-0.2, -0.15) is 0 Å². The Hall–Kier alpha value is -0.170.